The lowest BCUT2D eigenvalue weighted by molar-refractivity contribution is -0.481. The first-order valence-corrected chi connectivity index (χ1v) is 5.31. The van der Waals surface area contributed by atoms with Crippen LogP contribution in [0, 0.1) is 10.1 Å². The van der Waals surface area contributed by atoms with Crippen LogP contribution in [0.3, 0.4) is 0 Å². The van der Waals surface area contributed by atoms with E-state index in [9.17, 15) is 20.3 Å². The average Bonchev–Trinajstić information content (AvgIpc) is 2.34. The predicted octanol–water partition coefficient (Wildman–Crippen LogP) is 1.24. The van der Waals surface area contributed by atoms with Crippen LogP contribution < -0.4 is 5.32 Å². The highest BCUT2D eigenvalue weighted by Gasteiger charge is 2.16. The number of rotatable bonds is 3. The predicted molar refractivity (Wildman–Crippen MR) is 65.8 cm³/mol. The monoisotopic (exact) mass is 263 g/mol. The maximum atomic E-state index is 10.7. The number of hydrogen-bond acceptors (Lipinski definition) is 5. The summed E-state index contributed by atoms with van der Waals surface area (Å²) in [4.78, 5) is 10.1. The zero-order valence-electron chi connectivity index (χ0n) is 9.65. The second kappa shape index (κ2) is 4.83. The van der Waals surface area contributed by atoms with Crippen LogP contribution in [0.2, 0.25) is 0 Å². The summed E-state index contributed by atoms with van der Waals surface area (Å²) in [5, 5.41) is 40.5. The number of phenolic OH excluding ortho intramolecular Hbond substituents is 3. The minimum absolute atomic E-state index is 0.0992. The van der Waals surface area contributed by atoms with Crippen molar-refractivity contribution in [1.82, 2.24) is 0 Å². The molecule has 0 aliphatic rings. The fourth-order valence-electron chi connectivity index (χ4n) is 1.59. The Bertz CT molecular complexity index is 642. The third-order valence-electron chi connectivity index (χ3n) is 2.55. The average molecular weight is 263 g/mol. The number of nitro groups is 1. The molecule has 2 aromatic carbocycles. The second-order valence-electron chi connectivity index (χ2n) is 3.89. The number of quaternary nitrogens is 1. The number of benzene rings is 2. The molecule has 0 atom stereocenters. The Balaban J connectivity index is 2.37. The van der Waals surface area contributed by atoms with Crippen molar-refractivity contribution in [1.29, 1.82) is 0 Å². The summed E-state index contributed by atoms with van der Waals surface area (Å²) in [6.45, 7) is 0. The van der Waals surface area contributed by atoms with Crippen molar-refractivity contribution in [2.75, 3.05) is 0 Å². The molecule has 0 fully saturated rings. The highest BCUT2D eigenvalue weighted by molar-refractivity contribution is 5.56. The quantitative estimate of drug-likeness (QED) is 0.218. The molecule has 0 radical (unpaired) electrons. The molecular formula is C12H11N2O5+. The van der Waals surface area contributed by atoms with Crippen LogP contribution in [0.25, 0.3) is 0 Å². The van der Waals surface area contributed by atoms with Gasteiger partial charge in [-0.1, -0.05) is 0 Å². The molecule has 2 aromatic rings. The van der Waals surface area contributed by atoms with Gasteiger partial charge in [0.1, 0.15) is 5.75 Å². The first kappa shape index (κ1) is 12.7. The summed E-state index contributed by atoms with van der Waals surface area (Å²) in [5.74, 6) is -0.429. The van der Waals surface area contributed by atoms with Gasteiger partial charge < -0.3 is 15.3 Å². The van der Waals surface area contributed by atoms with E-state index in [1.165, 1.54) is 35.6 Å². The molecule has 0 unspecified atom stereocenters. The van der Waals surface area contributed by atoms with Crippen molar-refractivity contribution in [2.24, 2.45) is 0 Å². The molecule has 19 heavy (non-hydrogen) atoms. The SMILES string of the molecule is O=[N+]([O-])c1ccc(O)c([NH2+]c2ccc(O)cc2O)c1. The van der Waals surface area contributed by atoms with Gasteiger partial charge in [0.25, 0.3) is 5.69 Å². The van der Waals surface area contributed by atoms with Crippen molar-refractivity contribution in [3.63, 3.8) is 0 Å². The Kier molecular flexibility index (Phi) is 3.21. The highest BCUT2D eigenvalue weighted by atomic mass is 16.6. The summed E-state index contributed by atoms with van der Waals surface area (Å²) in [5.41, 5.74) is 0.367. The first-order valence-electron chi connectivity index (χ1n) is 5.31. The molecule has 7 nitrogen and oxygen atoms in total. The summed E-state index contributed by atoms with van der Waals surface area (Å²) >= 11 is 0. The lowest BCUT2D eigenvalue weighted by Gasteiger charge is -2.04. The maximum Gasteiger partial charge on any atom is 0.275 e. The van der Waals surface area contributed by atoms with Crippen LogP contribution in [-0.2, 0) is 0 Å². The zero-order chi connectivity index (χ0) is 14.0. The molecule has 0 bridgehead atoms. The van der Waals surface area contributed by atoms with E-state index in [4.69, 9.17) is 5.11 Å². The zero-order valence-corrected chi connectivity index (χ0v) is 9.65. The Morgan fingerprint density at radius 3 is 2.32 bits per heavy atom. The van der Waals surface area contributed by atoms with Crippen molar-refractivity contribution >= 4 is 17.1 Å². The number of hydrogen-bond donors (Lipinski definition) is 4. The Labute approximate surface area is 107 Å². The molecule has 0 saturated carbocycles. The number of phenols is 3. The number of nitro benzene ring substituents is 1. The molecule has 0 saturated heterocycles. The summed E-state index contributed by atoms with van der Waals surface area (Å²) in [6, 6.07) is 7.52. The normalized spacial score (nSPS) is 10.3. The summed E-state index contributed by atoms with van der Waals surface area (Å²) in [6.07, 6.45) is 0. The van der Waals surface area contributed by atoms with E-state index in [0.29, 0.717) is 5.69 Å². The van der Waals surface area contributed by atoms with Gasteiger partial charge in [0, 0.05) is 18.2 Å². The Morgan fingerprint density at radius 1 is 0.947 bits per heavy atom. The van der Waals surface area contributed by atoms with Gasteiger partial charge in [-0.05, 0) is 12.1 Å². The molecule has 0 amide bonds. The number of nitrogens with two attached hydrogens (primary N) is 1. The molecule has 98 valence electrons. The van der Waals surface area contributed by atoms with Gasteiger partial charge in [-0.25, -0.2) is 0 Å². The van der Waals surface area contributed by atoms with Crippen molar-refractivity contribution in [3.05, 3.63) is 46.5 Å². The van der Waals surface area contributed by atoms with Gasteiger partial charge in [-0.3, -0.25) is 15.4 Å². The van der Waals surface area contributed by atoms with Crippen LogP contribution in [0.15, 0.2) is 36.4 Å². The third kappa shape index (κ3) is 2.72. The highest BCUT2D eigenvalue weighted by Crippen LogP contribution is 2.28. The van der Waals surface area contributed by atoms with Crippen LogP contribution >= 0.6 is 0 Å². The van der Waals surface area contributed by atoms with Crippen molar-refractivity contribution < 1.29 is 25.6 Å². The maximum absolute atomic E-state index is 10.7. The molecule has 0 aliphatic heterocycles. The van der Waals surface area contributed by atoms with Gasteiger partial charge in [0.05, 0.1) is 11.0 Å². The van der Waals surface area contributed by atoms with Gasteiger partial charge in [-0.15, -0.1) is 0 Å². The van der Waals surface area contributed by atoms with E-state index in [-0.39, 0.29) is 28.6 Å². The van der Waals surface area contributed by atoms with E-state index in [1.54, 1.807) is 0 Å². The van der Waals surface area contributed by atoms with E-state index in [1.807, 2.05) is 0 Å². The van der Waals surface area contributed by atoms with E-state index in [2.05, 4.69) is 0 Å². The fraction of sp³-hybridized carbons (Fsp3) is 0. The lowest BCUT2D eigenvalue weighted by Crippen LogP contribution is -2.70. The molecule has 0 aromatic heterocycles. The van der Waals surface area contributed by atoms with E-state index >= 15 is 0 Å². The number of aromatic hydroxyl groups is 3. The van der Waals surface area contributed by atoms with Gasteiger partial charge in [0.2, 0.25) is 0 Å². The van der Waals surface area contributed by atoms with E-state index < -0.39 is 4.92 Å². The minimum atomic E-state index is -0.576. The Morgan fingerprint density at radius 2 is 1.68 bits per heavy atom. The van der Waals surface area contributed by atoms with E-state index in [0.717, 1.165) is 6.07 Å². The molecule has 0 heterocycles. The smallest absolute Gasteiger partial charge is 0.275 e. The largest absolute Gasteiger partial charge is 0.508 e. The number of nitrogens with zero attached hydrogens (tertiary/aromatic N) is 1. The van der Waals surface area contributed by atoms with Gasteiger partial charge in [0.15, 0.2) is 22.9 Å². The second-order valence-corrected chi connectivity index (χ2v) is 3.89. The third-order valence-corrected chi connectivity index (χ3v) is 2.55. The lowest BCUT2D eigenvalue weighted by atomic mass is 10.2. The van der Waals surface area contributed by atoms with Crippen molar-refractivity contribution in [2.45, 2.75) is 0 Å². The molecule has 0 spiro atoms. The van der Waals surface area contributed by atoms with Crippen molar-refractivity contribution in [3.8, 4) is 17.2 Å². The summed E-state index contributed by atoms with van der Waals surface area (Å²) < 4.78 is 0. The van der Waals surface area contributed by atoms with Gasteiger partial charge in [-0.2, -0.15) is 0 Å². The topological polar surface area (TPSA) is 120 Å². The minimum Gasteiger partial charge on any atom is -0.508 e. The van der Waals surface area contributed by atoms with Crippen LogP contribution in [0.4, 0.5) is 17.1 Å². The first-order chi connectivity index (χ1) is 8.97. The van der Waals surface area contributed by atoms with Crippen LogP contribution in [-0.4, -0.2) is 20.2 Å². The number of non-ortho nitro benzene ring substituents is 1. The standard InChI is InChI=1S/C12H10N2O5/c15-8-2-3-9(12(17)6-8)13-10-5-7(14(18)19)1-4-11(10)16/h1-6,13,15-17H/p+1. The van der Waals surface area contributed by atoms with Crippen LogP contribution in [0.5, 0.6) is 17.2 Å². The van der Waals surface area contributed by atoms with Crippen LogP contribution in [0.1, 0.15) is 0 Å². The summed E-state index contributed by atoms with van der Waals surface area (Å²) in [7, 11) is 0. The molecular weight excluding hydrogens is 252 g/mol. The molecule has 2 rings (SSSR count). The molecule has 5 N–H and O–H groups in total. The Hall–Kier alpha value is -2.80. The molecule has 0 aliphatic carbocycles. The fourth-order valence-corrected chi connectivity index (χ4v) is 1.59. The molecule has 7 heteroatoms. The van der Waals surface area contributed by atoms with Gasteiger partial charge >= 0.3 is 0 Å².